The van der Waals surface area contributed by atoms with E-state index in [-0.39, 0.29) is 5.91 Å². The SMILES string of the molecule is CCCCCn1cc(C(=O)Nc2ccc(Cc3ccccc3)cc2)nc1-c1ccc(SC(C)(C)C(=O)O)cc1. The summed E-state index contributed by atoms with van der Waals surface area (Å²) in [6, 6.07) is 25.9. The molecule has 1 amide bonds. The first kappa shape index (κ1) is 28.2. The molecule has 2 N–H and O–H groups in total. The average molecular weight is 542 g/mol. The molecule has 4 rings (SSSR count). The zero-order valence-electron chi connectivity index (χ0n) is 22.7. The number of carbonyl (C=O) groups is 2. The van der Waals surface area contributed by atoms with Gasteiger partial charge in [-0.2, -0.15) is 0 Å². The first-order valence-corrected chi connectivity index (χ1v) is 14.1. The molecular formula is C32H35N3O3S. The van der Waals surface area contributed by atoms with E-state index in [2.05, 4.69) is 24.4 Å². The first-order valence-electron chi connectivity index (χ1n) is 13.3. The van der Waals surface area contributed by atoms with E-state index >= 15 is 0 Å². The lowest BCUT2D eigenvalue weighted by Crippen LogP contribution is -2.26. The Balaban J connectivity index is 1.50. The summed E-state index contributed by atoms with van der Waals surface area (Å²) in [5.41, 5.74) is 4.39. The fourth-order valence-electron chi connectivity index (χ4n) is 4.20. The number of benzene rings is 3. The molecule has 0 bridgehead atoms. The lowest BCUT2D eigenvalue weighted by molar-refractivity contribution is -0.138. The van der Waals surface area contributed by atoms with Crippen LogP contribution in [-0.2, 0) is 17.8 Å². The number of rotatable bonds is 12. The van der Waals surface area contributed by atoms with Crippen molar-refractivity contribution < 1.29 is 14.7 Å². The van der Waals surface area contributed by atoms with Gasteiger partial charge in [0.05, 0.1) is 0 Å². The molecule has 4 aromatic rings. The standard InChI is InChI=1S/C32H35N3O3S/c1-4-5-9-20-35-22-28(34-29(35)25-14-18-27(19-15-25)39-32(2,3)31(37)38)30(36)33-26-16-12-24(13-17-26)21-23-10-7-6-8-11-23/h6-8,10-19,22H,4-5,9,20-21H2,1-3H3,(H,33,36)(H,37,38). The van der Waals surface area contributed by atoms with E-state index in [0.717, 1.165) is 54.2 Å². The number of unbranched alkanes of at least 4 members (excludes halogenated alkanes) is 2. The highest BCUT2D eigenvalue weighted by Gasteiger charge is 2.28. The van der Waals surface area contributed by atoms with Crippen molar-refractivity contribution >= 4 is 29.3 Å². The Labute approximate surface area is 234 Å². The zero-order valence-corrected chi connectivity index (χ0v) is 23.5. The summed E-state index contributed by atoms with van der Waals surface area (Å²) >= 11 is 1.30. The van der Waals surface area contributed by atoms with Crippen LogP contribution < -0.4 is 5.32 Å². The normalized spacial score (nSPS) is 11.4. The summed E-state index contributed by atoms with van der Waals surface area (Å²) in [6.45, 7) is 6.31. The molecule has 39 heavy (non-hydrogen) atoms. The van der Waals surface area contributed by atoms with E-state index in [1.54, 1.807) is 13.8 Å². The van der Waals surface area contributed by atoms with E-state index in [1.165, 1.54) is 22.9 Å². The number of amides is 1. The fourth-order valence-corrected chi connectivity index (χ4v) is 5.15. The highest BCUT2D eigenvalue weighted by atomic mass is 32.2. The Hall–Kier alpha value is -3.84. The van der Waals surface area contributed by atoms with Crippen molar-refractivity contribution in [3.63, 3.8) is 0 Å². The Morgan fingerprint density at radius 2 is 1.59 bits per heavy atom. The maximum atomic E-state index is 13.1. The molecule has 0 fully saturated rings. The van der Waals surface area contributed by atoms with Crippen LogP contribution in [0.5, 0.6) is 0 Å². The van der Waals surface area contributed by atoms with E-state index in [0.29, 0.717) is 5.69 Å². The summed E-state index contributed by atoms with van der Waals surface area (Å²) in [7, 11) is 0. The molecule has 0 radical (unpaired) electrons. The molecule has 0 spiro atoms. The van der Waals surface area contributed by atoms with Crippen LogP contribution in [0, 0.1) is 0 Å². The van der Waals surface area contributed by atoms with Gasteiger partial charge in [-0.25, -0.2) is 4.98 Å². The lowest BCUT2D eigenvalue weighted by atomic mass is 10.0. The molecule has 0 atom stereocenters. The Morgan fingerprint density at radius 3 is 2.23 bits per heavy atom. The smallest absolute Gasteiger partial charge is 0.319 e. The third kappa shape index (κ3) is 7.60. The summed E-state index contributed by atoms with van der Waals surface area (Å²) in [5, 5.41) is 12.4. The van der Waals surface area contributed by atoms with E-state index in [4.69, 9.17) is 4.98 Å². The quantitative estimate of drug-likeness (QED) is 0.143. The minimum atomic E-state index is -0.925. The average Bonchev–Trinajstić information content (AvgIpc) is 3.35. The Morgan fingerprint density at radius 1 is 0.923 bits per heavy atom. The molecule has 0 unspecified atom stereocenters. The van der Waals surface area contributed by atoms with Gasteiger partial charge in [-0.15, -0.1) is 11.8 Å². The van der Waals surface area contributed by atoms with Crippen LogP contribution >= 0.6 is 11.8 Å². The predicted octanol–water partition coefficient (Wildman–Crippen LogP) is 7.54. The van der Waals surface area contributed by atoms with Crippen LogP contribution in [0.4, 0.5) is 5.69 Å². The summed E-state index contributed by atoms with van der Waals surface area (Å²) in [6.07, 6.45) is 5.84. The molecule has 0 aliphatic rings. The largest absolute Gasteiger partial charge is 0.480 e. The number of imidazole rings is 1. The van der Waals surface area contributed by atoms with Crippen molar-refractivity contribution in [1.29, 1.82) is 0 Å². The number of carbonyl (C=O) groups excluding carboxylic acids is 1. The number of hydrogen-bond acceptors (Lipinski definition) is 4. The lowest BCUT2D eigenvalue weighted by Gasteiger charge is -2.18. The van der Waals surface area contributed by atoms with Gasteiger partial charge in [0.1, 0.15) is 16.3 Å². The van der Waals surface area contributed by atoms with Crippen molar-refractivity contribution in [2.24, 2.45) is 0 Å². The van der Waals surface area contributed by atoms with E-state index < -0.39 is 10.7 Å². The van der Waals surface area contributed by atoms with Gasteiger partial charge in [-0.1, -0.05) is 74.4 Å². The van der Waals surface area contributed by atoms with Gasteiger partial charge in [0, 0.05) is 28.9 Å². The molecule has 1 aromatic heterocycles. The number of carboxylic acids is 1. The van der Waals surface area contributed by atoms with E-state index in [1.807, 2.05) is 77.5 Å². The second-order valence-corrected chi connectivity index (χ2v) is 11.8. The Bertz CT molecular complexity index is 1400. The number of thioether (sulfide) groups is 1. The van der Waals surface area contributed by atoms with Gasteiger partial charge in [0.15, 0.2) is 0 Å². The van der Waals surface area contributed by atoms with Crippen molar-refractivity contribution in [1.82, 2.24) is 9.55 Å². The Kier molecular flexibility index (Phi) is 9.25. The number of carboxylic acid groups (broad SMARTS) is 1. The topological polar surface area (TPSA) is 84.2 Å². The number of aliphatic carboxylic acids is 1. The summed E-state index contributed by atoms with van der Waals surface area (Å²) in [5.74, 6) is -0.385. The summed E-state index contributed by atoms with van der Waals surface area (Å²) in [4.78, 5) is 30.2. The van der Waals surface area contributed by atoms with Crippen LogP contribution in [0.25, 0.3) is 11.4 Å². The molecule has 0 aliphatic heterocycles. The van der Waals surface area contributed by atoms with Crippen LogP contribution in [0.1, 0.15) is 61.6 Å². The molecule has 202 valence electrons. The molecule has 0 aliphatic carbocycles. The zero-order chi connectivity index (χ0) is 27.8. The molecule has 0 saturated carbocycles. The minimum Gasteiger partial charge on any atom is -0.480 e. The number of aromatic nitrogens is 2. The van der Waals surface area contributed by atoms with Crippen LogP contribution in [0.3, 0.4) is 0 Å². The van der Waals surface area contributed by atoms with Crippen LogP contribution in [0.15, 0.2) is 90.0 Å². The second-order valence-electron chi connectivity index (χ2n) is 10.1. The minimum absolute atomic E-state index is 0.253. The van der Waals surface area contributed by atoms with E-state index in [9.17, 15) is 14.7 Å². The molecule has 6 nitrogen and oxygen atoms in total. The van der Waals surface area contributed by atoms with Crippen LogP contribution in [-0.4, -0.2) is 31.3 Å². The molecule has 7 heteroatoms. The molecule has 0 saturated heterocycles. The number of aryl methyl sites for hydroxylation is 1. The van der Waals surface area contributed by atoms with Crippen LogP contribution in [0.2, 0.25) is 0 Å². The maximum absolute atomic E-state index is 13.1. The maximum Gasteiger partial charge on any atom is 0.319 e. The predicted molar refractivity (Wildman–Crippen MR) is 158 cm³/mol. The fraction of sp³-hybridized carbons (Fsp3) is 0.281. The monoisotopic (exact) mass is 541 g/mol. The van der Waals surface area contributed by atoms with Gasteiger partial charge < -0.3 is 15.0 Å². The molecule has 3 aromatic carbocycles. The van der Waals surface area contributed by atoms with Gasteiger partial charge in [-0.3, -0.25) is 9.59 Å². The summed E-state index contributed by atoms with van der Waals surface area (Å²) < 4.78 is 1.11. The van der Waals surface area contributed by atoms with Gasteiger partial charge in [0.25, 0.3) is 5.91 Å². The number of anilines is 1. The number of hydrogen-bond donors (Lipinski definition) is 2. The highest BCUT2D eigenvalue weighted by molar-refractivity contribution is 8.01. The third-order valence-electron chi connectivity index (χ3n) is 6.48. The van der Waals surface area contributed by atoms with Crippen molar-refractivity contribution in [3.8, 4) is 11.4 Å². The van der Waals surface area contributed by atoms with Gasteiger partial charge in [0.2, 0.25) is 0 Å². The van der Waals surface area contributed by atoms with Crippen molar-refractivity contribution in [3.05, 3.63) is 102 Å². The van der Waals surface area contributed by atoms with Crippen molar-refractivity contribution in [2.75, 3.05) is 5.32 Å². The number of nitrogens with one attached hydrogen (secondary N) is 1. The van der Waals surface area contributed by atoms with Gasteiger partial charge in [-0.05, 0) is 62.1 Å². The van der Waals surface area contributed by atoms with Crippen molar-refractivity contribution in [2.45, 2.75) is 62.6 Å². The number of nitrogens with zero attached hydrogens (tertiary/aromatic N) is 2. The molecular weight excluding hydrogens is 506 g/mol. The van der Waals surface area contributed by atoms with Gasteiger partial charge >= 0.3 is 5.97 Å². The second kappa shape index (κ2) is 12.8. The third-order valence-corrected chi connectivity index (χ3v) is 7.67. The highest BCUT2D eigenvalue weighted by Crippen LogP contribution is 2.34. The first-order chi connectivity index (χ1) is 18.7. The molecule has 1 heterocycles.